The van der Waals surface area contributed by atoms with Gasteiger partial charge in [0.25, 0.3) is 0 Å². The van der Waals surface area contributed by atoms with E-state index in [0.29, 0.717) is 46.2 Å². The number of thiazole rings is 2. The minimum atomic E-state index is -0.226. The van der Waals surface area contributed by atoms with Crippen LogP contribution < -0.4 is 25.0 Å². The van der Waals surface area contributed by atoms with Crippen LogP contribution in [0.25, 0.3) is 11.3 Å². The average molecular weight is 446 g/mol. The van der Waals surface area contributed by atoms with Crippen LogP contribution in [0.2, 0.25) is 0 Å². The van der Waals surface area contributed by atoms with Crippen molar-refractivity contribution in [1.29, 1.82) is 0 Å². The molecule has 0 aliphatic carbocycles. The first-order valence-corrected chi connectivity index (χ1v) is 10.8. The summed E-state index contributed by atoms with van der Waals surface area (Å²) in [7, 11) is 3.19. The lowest BCUT2D eigenvalue weighted by molar-refractivity contribution is -0.115. The predicted molar refractivity (Wildman–Crippen MR) is 116 cm³/mol. The maximum Gasteiger partial charge on any atom is 0.323 e. The summed E-state index contributed by atoms with van der Waals surface area (Å²) < 4.78 is 10.7. The Balaban J connectivity index is 1.42. The smallest absolute Gasteiger partial charge is 0.323 e. The largest absolute Gasteiger partial charge is 0.497 e. The number of urea groups is 1. The summed E-state index contributed by atoms with van der Waals surface area (Å²) in [6, 6.07) is 5.30. The molecule has 0 unspecified atom stereocenters. The molecule has 4 rings (SSSR count). The Morgan fingerprint density at radius 1 is 1.23 bits per heavy atom. The van der Waals surface area contributed by atoms with E-state index >= 15 is 0 Å². The molecule has 1 aromatic carbocycles. The number of ether oxygens (including phenoxy) is 2. The first-order chi connectivity index (χ1) is 14.6. The second-order valence-corrected chi connectivity index (χ2v) is 8.03. The zero-order valence-electron chi connectivity index (χ0n) is 16.3. The van der Waals surface area contributed by atoms with Gasteiger partial charge in [-0.3, -0.25) is 9.69 Å². The highest BCUT2D eigenvalue weighted by molar-refractivity contribution is 7.14. The number of nitrogens with zero attached hydrogens (tertiary/aromatic N) is 3. The number of hydrogen-bond acceptors (Lipinski definition) is 8. The zero-order valence-corrected chi connectivity index (χ0v) is 17.9. The van der Waals surface area contributed by atoms with Crippen molar-refractivity contribution in [2.45, 2.75) is 6.42 Å². The van der Waals surface area contributed by atoms with Crippen LogP contribution in [-0.2, 0) is 11.2 Å². The number of amides is 3. The fourth-order valence-corrected chi connectivity index (χ4v) is 4.53. The van der Waals surface area contributed by atoms with Crippen molar-refractivity contribution >= 4 is 44.9 Å². The number of nitrogens with one attached hydrogen (secondary N) is 2. The van der Waals surface area contributed by atoms with Crippen LogP contribution in [0.5, 0.6) is 11.5 Å². The molecule has 2 aromatic heterocycles. The Hall–Kier alpha value is -3.18. The lowest BCUT2D eigenvalue weighted by Crippen LogP contribution is -2.27. The third-order valence-electron chi connectivity index (χ3n) is 4.40. The van der Waals surface area contributed by atoms with Gasteiger partial charge >= 0.3 is 6.03 Å². The average Bonchev–Trinajstić information content (AvgIpc) is 3.49. The van der Waals surface area contributed by atoms with Crippen LogP contribution in [0, 0.1) is 0 Å². The van der Waals surface area contributed by atoms with Gasteiger partial charge in [-0.25, -0.2) is 14.8 Å². The van der Waals surface area contributed by atoms with Crippen molar-refractivity contribution in [3.63, 3.8) is 0 Å². The third kappa shape index (κ3) is 4.21. The van der Waals surface area contributed by atoms with Crippen molar-refractivity contribution < 1.29 is 19.1 Å². The van der Waals surface area contributed by atoms with E-state index in [1.54, 1.807) is 24.5 Å². The van der Waals surface area contributed by atoms with E-state index in [1.165, 1.54) is 22.7 Å². The molecule has 2 N–H and O–H groups in total. The summed E-state index contributed by atoms with van der Waals surface area (Å²) in [5.74, 6) is 1.13. The Morgan fingerprint density at radius 2 is 2.10 bits per heavy atom. The number of aromatic nitrogens is 2. The Bertz CT molecular complexity index is 1080. The summed E-state index contributed by atoms with van der Waals surface area (Å²) in [5, 5.41) is 10.2. The van der Waals surface area contributed by atoms with Crippen LogP contribution in [0.3, 0.4) is 0 Å². The summed E-state index contributed by atoms with van der Waals surface area (Å²) in [5.41, 5.74) is 2.07. The molecule has 1 saturated heterocycles. The number of anilines is 2. The first-order valence-electron chi connectivity index (χ1n) is 9.05. The van der Waals surface area contributed by atoms with E-state index in [9.17, 15) is 9.59 Å². The molecule has 0 spiro atoms. The second kappa shape index (κ2) is 8.67. The highest BCUT2D eigenvalue weighted by Gasteiger charge is 2.24. The number of hydrogen-bond donors (Lipinski definition) is 2. The maximum absolute atomic E-state index is 12.4. The summed E-state index contributed by atoms with van der Waals surface area (Å²) >= 11 is 2.67. The van der Waals surface area contributed by atoms with E-state index in [1.807, 2.05) is 23.6 Å². The van der Waals surface area contributed by atoms with Crippen LogP contribution in [0.4, 0.5) is 15.1 Å². The molecule has 156 valence electrons. The van der Waals surface area contributed by atoms with Gasteiger partial charge in [-0.2, -0.15) is 0 Å². The topological polar surface area (TPSA) is 106 Å². The monoisotopic (exact) mass is 445 g/mol. The van der Waals surface area contributed by atoms with Crippen LogP contribution in [-0.4, -0.2) is 49.2 Å². The SMILES string of the molecule is COc1ccc(OC)c(-c2csc(NC(=O)Cc3csc(N4CCNC4=O)n3)n2)c1. The molecule has 0 saturated carbocycles. The normalized spacial score (nSPS) is 13.3. The van der Waals surface area contributed by atoms with E-state index < -0.39 is 0 Å². The van der Waals surface area contributed by atoms with Crippen LogP contribution in [0.1, 0.15) is 5.69 Å². The summed E-state index contributed by atoms with van der Waals surface area (Å²) in [4.78, 5) is 34.6. The Labute approximate surface area is 180 Å². The third-order valence-corrected chi connectivity index (χ3v) is 6.07. The molecule has 1 aliphatic rings. The number of carbonyl (C=O) groups is 2. The van der Waals surface area contributed by atoms with E-state index in [0.717, 1.165) is 5.56 Å². The minimum Gasteiger partial charge on any atom is -0.497 e. The zero-order chi connectivity index (χ0) is 21.1. The molecule has 0 radical (unpaired) electrons. The van der Waals surface area contributed by atoms with E-state index in [2.05, 4.69) is 20.6 Å². The summed E-state index contributed by atoms with van der Waals surface area (Å²) in [6.07, 6.45) is 0.101. The molecular weight excluding hydrogens is 426 g/mol. The van der Waals surface area contributed by atoms with Crippen molar-refractivity contribution in [1.82, 2.24) is 15.3 Å². The van der Waals surface area contributed by atoms with Crippen molar-refractivity contribution in [3.8, 4) is 22.8 Å². The molecule has 3 heterocycles. The van der Waals surface area contributed by atoms with E-state index in [4.69, 9.17) is 9.47 Å². The quantitative estimate of drug-likeness (QED) is 0.579. The number of carbonyl (C=O) groups excluding carboxylic acids is 2. The summed E-state index contributed by atoms with van der Waals surface area (Å²) in [6.45, 7) is 1.17. The molecule has 1 aliphatic heterocycles. The molecule has 3 aromatic rings. The highest BCUT2D eigenvalue weighted by Crippen LogP contribution is 2.35. The predicted octanol–water partition coefficient (Wildman–Crippen LogP) is 2.99. The number of methoxy groups -OCH3 is 2. The van der Waals surface area contributed by atoms with Gasteiger partial charge in [0.2, 0.25) is 5.91 Å². The molecule has 0 bridgehead atoms. The molecule has 30 heavy (non-hydrogen) atoms. The van der Waals surface area contributed by atoms with Gasteiger partial charge in [0.05, 0.1) is 32.0 Å². The van der Waals surface area contributed by atoms with Crippen LogP contribution >= 0.6 is 22.7 Å². The fourth-order valence-electron chi connectivity index (χ4n) is 2.95. The molecule has 9 nitrogen and oxygen atoms in total. The highest BCUT2D eigenvalue weighted by atomic mass is 32.1. The molecule has 1 fully saturated rings. The standard InChI is InChI=1S/C19H19N5O4S2/c1-27-12-3-4-15(28-2)13(8-12)14-10-29-17(22-14)23-16(25)7-11-9-30-19(21-11)24-6-5-20-18(24)26/h3-4,8-10H,5-7H2,1-2H3,(H,20,26)(H,22,23,25). The maximum atomic E-state index is 12.4. The van der Waals surface area contributed by atoms with Gasteiger partial charge in [-0.1, -0.05) is 0 Å². The molecule has 11 heteroatoms. The Morgan fingerprint density at radius 3 is 2.83 bits per heavy atom. The lowest BCUT2D eigenvalue weighted by Gasteiger charge is -2.08. The van der Waals surface area contributed by atoms with Gasteiger partial charge in [0, 0.05) is 29.4 Å². The molecule has 0 atom stereocenters. The van der Waals surface area contributed by atoms with Crippen LogP contribution in [0.15, 0.2) is 29.0 Å². The van der Waals surface area contributed by atoms with Gasteiger partial charge in [-0.05, 0) is 18.2 Å². The second-order valence-electron chi connectivity index (χ2n) is 6.33. The van der Waals surface area contributed by atoms with Gasteiger partial charge < -0.3 is 20.1 Å². The van der Waals surface area contributed by atoms with Crippen molar-refractivity contribution in [2.75, 3.05) is 37.5 Å². The van der Waals surface area contributed by atoms with Gasteiger partial charge in [-0.15, -0.1) is 22.7 Å². The molecular formula is C19H19N5O4S2. The Kier molecular flexibility index (Phi) is 5.81. The van der Waals surface area contributed by atoms with Crippen molar-refractivity contribution in [2.24, 2.45) is 0 Å². The van der Waals surface area contributed by atoms with Gasteiger partial charge in [0.15, 0.2) is 10.3 Å². The molecule has 3 amide bonds. The number of rotatable bonds is 7. The minimum absolute atomic E-state index is 0.101. The fraction of sp³-hybridized carbons (Fsp3) is 0.263. The number of benzene rings is 1. The lowest BCUT2D eigenvalue weighted by atomic mass is 10.1. The van der Waals surface area contributed by atoms with Crippen molar-refractivity contribution in [3.05, 3.63) is 34.7 Å². The van der Waals surface area contributed by atoms with Gasteiger partial charge in [0.1, 0.15) is 11.5 Å². The van der Waals surface area contributed by atoms with E-state index in [-0.39, 0.29) is 18.4 Å². The first kappa shape index (κ1) is 20.1.